The van der Waals surface area contributed by atoms with Gasteiger partial charge in [-0.2, -0.15) is 5.10 Å². The average molecular weight is 555 g/mol. The minimum Gasteiger partial charge on any atom is -0.491 e. The number of hydrogen-bond donors (Lipinski definition) is 1. The second-order valence-electron chi connectivity index (χ2n) is 11.6. The van der Waals surface area contributed by atoms with Crippen molar-refractivity contribution in [3.05, 3.63) is 77.1 Å². The number of piperidine rings is 1. The predicted molar refractivity (Wildman–Crippen MR) is 158 cm³/mol. The molecule has 4 aromatic rings. The number of carbonyl (C=O) groups is 1. The Bertz CT molecular complexity index is 1540. The van der Waals surface area contributed by atoms with Crippen LogP contribution in [0, 0.1) is 20.8 Å². The lowest BCUT2D eigenvalue weighted by atomic mass is 9.88. The van der Waals surface area contributed by atoms with Crippen LogP contribution in [0.4, 0.5) is 10.6 Å². The van der Waals surface area contributed by atoms with E-state index in [0.717, 1.165) is 65.8 Å². The number of rotatable bonds is 8. The van der Waals surface area contributed by atoms with Crippen LogP contribution in [0.2, 0.25) is 0 Å². The third-order valence-electron chi connectivity index (χ3n) is 8.59. The van der Waals surface area contributed by atoms with Gasteiger partial charge < -0.3 is 19.9 Å². The van der Waals surface area contributed by atoms with E-state index in [2.05, 4.69) is 58.3 Å². The van der Waals surface area contributed by atoms with Gasteiger partial charge in [0.2, 0.25) is 0 Å². The van der Waals surface area contributed by atoms with E-state index in [-0.39, 0.29) is 17.5 Å². The van der Waals surface area contributed by atoms with Crippen LogP contribution in [0.1, 0.15) is 53.9 Å². The van der Waals surface area contributed by atoms with E-state index in [0.29, 0.717) is 26.1 Å². The number of pyridine rings is 1. The van der Waals surface area contributed by atoms with Crippen molar-refractivity contribution in [2.24, 2.45) is 0 Å². The Morgan fingerprint density at radius 1 is 1.10 bits per heavy atom. The Kier molecular flexibility index (Phi) is 7.23. The van der Waals surface area contributed by atoms with Crippen molar-refractivity contribution in [3.63, 3.8) is 0 Å². The van der Waals surface area contributed by atoms with Crippen LogP contribution in [-0.2, 0) is 6.42 Å². The number of nitrogens with zero attached hydrogens (tertiary/aromatic N) is 7. The fraction of sp³-hybridized carbons (Fsp3) is 0.452. The van der Waals surface area contributed by atoms with Crippen molar-refractivity contribution in [1.82, 2.24) is 34.8 Å². The van der Waals surface area contributed by atoms with E-state index in [1.54, 1.807) is 10.8 Å². The van der Waals surface area contributed by atoms with Gasteiger partial charge >= 0.3 is 6.03 Å². The van der Waals surface area contributed by atoms with Crippen LogP contribution < -0.4 is 15.0 Å². The lowest BCUT2D eigenvalue weighted by molar-refractivity contribution is 0.217. The van der Waals surface area contributed by atoms with Crippen molar-refractivity contribution >= 4 is 17.5 Å². The van der Waals surface area contributed by atoms with Crippen molar-refractivity contribution in [3.8, 4) is 5.75 Å². The maximum absolute atomic E-state index is 12.9. The number of ether oxygens (including phenoxy) is 1. The zero-order valence-electron chi connectivity index (χ0n) is 24.3. The van der Waals surface area contributed by atoms with Crippen LogP contribution in [0.3, 0.4) is 0 Å². The standard InChI is InChI=1S/C31H38N8O2/c1-21-16-26(41-18-22(2)25-8-6-5-7-9-25)17-39-28(21)34-27(36-39)10-13-38-19-31(35-30(38)40)11-14-37(15-12-31)29-23(3)24(4)32-20-33-29/h5-9,16-17,20,22H,10-15,18-19H2,1-4H3,(H,35,40)/t22-/m0/s1. The third-order valence-corrected chi connectivity index (χ3v) is 8.59. The van der Waals surface area contributed by atoms with Gasteiger partial charge in [-0.3, -0.25) is 0 Å². The number of amides is 2. The number of anilines is 1. The summed E-state index contributed by atoms with van der Waals surface area (Å²) in [6.45, 7) is 11.8. The number of aromatic nitrogens is 5. The number of hydrogen-bond acceptors (Lipinski definition) is 7. The van der Waals surface area contributed by atoms with Gasteiger partial charge in [-0.25, -0.2) is 24.3 Å². The van der Waals surface area contributed by atoms with E-state index in [4.69, 9.17) is 14.8 Å². The molecule has 0 saturated carbocycles. The molecule has 214 valence electrons. The molecule has 2 aliphatic heterocycles. The molecule has 3 aromatic heterocycles. The SMILES string of the molecule is Cc1ncnc(N2CCC3(CC2)CN(CCc2nc4c(C)cc(OC[C@H](C)c5ccccc5)cn4n2)C(=O)N3)c1C. The Balaban J connectivity index is 1.05. The van der Waals surface area contributed by atoms with Crippen LogP contribution in [0.25, 0.3) is 5.65 Å². The highest BCUT2D eigenvalue weighted by atomic mass is 16.5. The van der Waals surface area contributed by atoms with E-state index < -0.39 is 0 Å². The molecular formula is C31H38N8O2. The summed E-state index contributed by atoms with van der Waals surface area (Å²) in [5, 5.41) is 8.01. The predicted octanol–water partition coefficient (Wildman–Crippen LogP) is 4.23. The molecular weight excluding hydrogens is 516 g/mol. The molecule has 0 aliphatic carbocycles. The van der Waals surface area contributed by atoms with Gasteiger partial charge in [0, 0.05) is 49.8 Å². The zero-order chi connectivity index (χ0) is 28.6. The summed E-state index contributed by atoms with van der Waals surface area (Å²) >= 11 is 0. The molecule has 41 heavy (non-hydrogen) atoms. The summed E-state index contributed by atoms with van der Waals surface area (Å²) in [5.74, 6) is 2.78. The van der Waals surface area contributed by atoms with E-state index in [1.165, 1.54) is 5.56 Å². The molecule has 1 spiro atoms. The molecule has 10 heteroatoms. The van der Waals surface area contributed by atoms with Gasteiger partial charge in [0.15, 0.2) is 11.5 Å². The molecule has 0 radical (unpaired) electrons. The normalized spacial score (nSPS) is 17.3. The van der Waals surface area contributed by atoms with Gasteiger partial charge in [0.05, 0.1) is 18.3 Å². The fourth-order valence-electron chi connectivity index (χ4n) is 5.92. The van der Waals surface area contributed by atoms with Gasteiger partial charge in [0.25, 0.3) is 0 Å². The van der Waals surface area contributed by atoms with Crippen LogP contribution in [-0.4, -0.2) is 73.8 Å². The van der Waals surface area contributed by atoms with Crippen LogP contribution in [0.15, 0.2) is 48.9 Å². The third kappa shape index (κ3) is 5.55. The fourth-order valence-corrected chi connectivity index (χ4v) is 5.92. The Morgan fingerprint density at radius 3 is 2.66 bits per heavy atom. The molecule has 5 heterocycles. The average Bonchev–Trinajstić information content (AvgIpc) is 3.53. The zero-order valence-corrected chi connectivity index (χ0v) is 24.3. The maximum atomic E-state index is 12.9. The molecule has 2 amide bonds. The van der Waals surface area contributed by atoms with Crippen molar-refractivity contribution < 1.29 is 9.53 Å². The van der Waals surface area contributed by atoms with E-state index in [1.807, 2.05) is 37.1 Å². The van der Waals surface area contributed by atoms with Crippen molar-refractivity contribution in [1.29, 1.82) is 0 Å². The van der Waals surface area contributed by atoms with Gasteiger partial charge in [-0.15, -0.1) is 0 Å². The second-order valence-corrected chi connectivity index (χ2v) is 11.6. The van der Waals surface area contributed by atoms with Gasteiger partial charge in [-0.05, 0) is 50.8 Å². The molecule has 1 N–H and O–H groups in total. The number of aryl methyl sites for hydroxylation is 2. The first-order valence-electron chi connectivity index (χ1n) is 14.4. The number of benzene rings is 1. The summed E-state index contributed by atoms with van der Waals surface area (Å²) < 4.78 is 7.92. The highest BCUT2D eigenvalue weighted by molar-refractivity contribution is 5.78. The summed E-state index contributed by atoms with van der Waals surface area (Å²) in [4.78, 5) is 30.7. The molecule has 0 bridgehead atoms. The van der Waals surface area contributed by atoms with Crippen molar-refractivity contribution in [2.75, 3.05) is 37.7 Å². The number of urea groups is 1. The minimum atomic E-state index is -0.199. The Morgan fingerprint density at radius 2 is 1.88 bits per heavy atom. The molecule has 1 aromatic carbocycles. The first-order chi connectivity index (χ1) is 19.8. The Labute approximate surface area is 240 Å². The highest BCUT2D eigenvalue weighted by Gasteiger charge is 2.44. The lowest BCUT2D eigenvalue weighted by Gasteiger charge is -2.39. The van der Waals surface area contributed by atoms with E-state index in [9.17, 15) is 4.79 Å². The number of nitrogens with one attached hydrogen (secondary N) is 1. The largest absolute Gasteiger partial charge is 0.491 e. The maximum Gasteiger partial charge on any atom is 0.317 e. The quantitative estimate of drug-likeness (QED) is 0.348. The first kappa shape index (κ1) is 27.0. The lowest BCUT2D eigenvalue weighted by Crippen LogP contribution is -2.52. The monoisotopic (exact) mass is 554 g/mol. The molecule has 6 rings (SSSR count). The topological polar surface area (TPSA) is 101 Å². The second kappa shape index (κ2) is 11.0. The minimum absolute atomic E-state index is 0.00400. The molecule has 2 saturated heterocycles. The molecule has 1 atom stereocenters. The molecule has 10 nitrogen and oxygen atoms in total. The highest BCUT2D eigenvalue weighted by Crippen LogP contribution is 2.31. The number of carbonyl (C=O) groups excluding carboxylic acids is 1. The summed E-state index contributed by atoms with van der Waals surface area (Å²) in [7, 11) is 0. The molecule has 2 aliphatic rings. The Hall–Kier alpha value is -4.21. The molecule has 2 fully saturated rings. The molecule has 0 unspecified atom stereocenters. The smallest absolute Gasteiger partial charge is 0.317 e. The first-order valence-corrected chi connectivity index (χ1v) is 14.4. The summed E-state index contributed by atoms with van der Waals surface area (Å²) in [6.07, 6.45) is 5.89. The van der Waals surface area contributed by atoms with Gasteiger partial charge in [-0.1, -0.05) is 37.3 Å². The summed E-state index contributed by atoms with van der Waals surface area (Å²) in [5.41, 5.74) is 5.00. The van der Waals surface area contributed by atoms with Crippen molar-refractivity contribution in [2.45, 2.75) is 58.4 Å². The van der Waals surface area contributed by atoms with Crippen LogP contribution in [0.5, 0.6) is 5.75 Å². The van der Waals surface area contributed by atoms with E-state index >= 15 is 0 Å². The van der Waals surface area contributed by atoms with Gasteiger partial charge in [0.1, 0.15) is 17.9 Å². The van der Waals surface area contributed by atoms with Crippen LogP contribution >= 0.6 is 0 Å². The number of fused-ring (bicyclic) bond motifs is 1. The summed E-state index contributed by atoms with van der Waals surface area (Å²) in [6, 6.07) is 12.4.